The van der Waals surface area contributed by atoms with E-state index in [9.17, 15) is 14.4 Å². The van der Waals surface area contributed by atoms with Gasteiger partial charge in [0, 0.05) is 18.0 Å². The van der Waals surface area contributed by atoms with E-state index >= 15 is 0 Å². The Hall–Kier alpha value is -3.73. The van der Waals surface area contributed by atoms with Crippen LogP contribution in [0.2, 0.25) is 0 Å². The maximum atomic E-state index is 12.9. The molecule has 11 heteroatoms. The maximum Gasteiger partial charge on any atom is 0.344 e. The minimum absolute atomic E-state index is 0.0545. The van der Waals surface area contributed by atoms with Gasteiger partial charge in [-0.1, -0.05) is 49.2 Å². The lowest BCUT2D eigenvalue weighted by Crippen LogP contribution is -2.51. The minimum atomic E-state index is -0.889. The second-order valence-corrected chi connectivity index (χ2v) is 9.65. The third-order valence-electron chi connectivity index (χ3n) is 6.35. The number of aryl methyl sites for hydroxylation is 1. The summed E-state index contributed by atoms with van der Waals surface area (Å²) < 4.78 is 1.88. The van der Waals surface area contributed by atoms with E-state index in [1.165, 1.54) is 11.8 Å². The van der Waals surface area contributed by atoms with Gasteiger partial charge in [0.1, 0.15) is 5.54 Å². The maximum absolute atomic E-state index is 12.9. The summed E-state index contributed by atoms with van der Waals surface area (Å²) in [5.41, 5.74) is 4.27. The first kappa shape index (κ1) is 23.0. The lowest BCUT2D eigenvalue weighted by atomic mass is 9.82. The van der Waals surface area contributed by atoms with Crippen LogP contribution in [0.25, 0.3) is 17.1 Å². The molecule has 1 spiro atoms. The molecule has 2 fully saturated rings. The van der Waals surface area contributed by atoms with Gasteiger partial charge in [0.05, 0.1) is 11.4 Å². The molecular weight excluding hydrogens is 466 g/mol. The number of rotatable bonds is 6. The number of urea groups is 1. The highest BCUT2D eigenvalue weighted by molar-refractivity contribution is 7.99. The third-order valence-corrected chi connectivity index (χ3v) is 7.28. The second-order valence-electron chi connectivity index (χ2n) is 8.71. The molecule has 1 saturated heterocycles. The van der Waals surface area contributed by atoms with Gasteiger partial charge < -0.3 is 5.32 Å². The fourth-order valence-electron chi connectivity index (χ4n) is 4.58. The van der Waals surface area contributed by atoms with E-state index in [4.69, 9.17) is 0 Å². The molecular formula is C24H25N7O3S. The van der Waals surface area contributed by atoms with E-state index in [1.807, 2.05) is 47.9 Å². The van der Waals surface area contributed by atoms with Crippen LogP contribution in [0.15, 0.2) is 53.9 Å². The highest BCUT2D eigenvalue weighted by Gasteiger charge is 2.52. The number of benzene rings is 1. The van der Waals surface area contributed by atoms with Crippen molar-refractivity contribution in [2.75, 3.05) is 5.75 Å². The number of carbonyl (C=O) groups is 3. The third kappa shape index (κ3) is 4.39. The number of nitrogens with zero attached hydrogens (tertiary/aromatic N) is 5. The highest BCUT2D eigenvalue weighted by atomic mass is 32.2. The zero-order valence-corrected chi connectivity index (χ0v) is 20.0. The van der Waals surface area contributed by atoms with E-state index in [0.717, 1.165) is 41.1 Å². The van der Waals surface area contributed by atoms with Gasteiger partial charge in [-0.05, 0) is 43.5 Å². The fraction of sp³-hybridized carbons (Fsp3) is 0.333. The van der Waals surface area contributed by atoms with Crippen molar-refractivity contribution in [3.8, 4) is 17.1 Å². The number of hydrazine groups is 1. The zero-order chi connectivity index (χ0) is 24.4. The van der Waals surface area contributed by atoms with Crippen molar-refractivity contribution in [3.05, 3.63) is 54.4 Å². The number of carbonyl (C=O) groups excluding carboxylic acids is 3. The summed E-state index contributed by atoms with van der Waals surface area (Å²) in [6, 6.07) is 11.0. The van der Waals surface area contributed by atoms with Crippen molar-refractivity contribution in [1.29, 1.82) is 0 Å². The molecule has 5 rings (SSSR count). The van der Waals surface area contributed by atoms with Gasteiger partial charge in [-0.15, -0.1) is 10.2 Å². The smallest absolute Gasteiger partial charge is 0.322 e. The Labute approximate surface area is 206 Å². The molecule has 2 aliphatic rings. The van der Waals surface area contributed by atoms with E-state index in [1.54, 1.807) is 12.4 Å². The average Bonchev–Trinajstić information content (AvgIpc) is 3.39. The lowest BCUT2D eigenvalue weighted by Gasteiger charge is -2.30. The minimum Gasteiger partial charge on any atom is -0.322 e. The van der Waals surface area contributed by atoms with Crippen LogP contribution in [0.3, 0.4) is 0 Å². The Morgan fingerprint density at radius 3 is 2.66 bits per heavy atom. The van der Waals surface area contributed by atoms with Gasteiger partial charge in [0.15, 0.2) is 11.0 Å². The topological polar surface area (TPSA) is 122 Å². The van der Waals surface area contributed by atoms with Crippen LogP contribution in [0.1, 0.15) is 37.7 Å². The molecule has 1 saturated carbocycles. The predicted octanol–water partition coefficient (Wildman–Crippen LogP) is 3.02. The number of imide groups is 1. The summed E-state index contributed by atoms with van der Waals surface area (Å²) >= 11 is 1.17. The monoisotopic (exact) mass is 491 g/mol. The first-order chi connectivity index (χ1) is 17.0. The van der Waals surface area contributed by atoms with E-state index in [2.05, 4.69) is 25.9 Å². The molecule has 0 bridgehead atoms. The van der Waals surface area contributed by atoms with Crippen LogP contribution >= 0.6 is 11.8 Å². The number of hydrogen-bond acceptors (Lipinski definition) is 7. The molecule has 3 aromatic rings. The molecule has 35 heavy (non-hydrogen) atoms. The Bertz CT molecular complexity index is 1270. The fourth-order valence-corrected chi connectivity index (χ4v) is 5.32. The number of pyridine rings is 1. The summed E-state index contributed by atoms with van der Waals surface area (Å²) in [7, 11) is 0. The summed E-state index contributed by atoms with van der Waals surface area (Å²) in [4.78, 5) is 42.3. The summed E-state index contributed by atoms with van der Waals surface area (Å²) in [5.74, 6) is -0.319. The van der Waals surface area contributed by atoms with Crippen LogP contribution in [-0.2, 0) is 9.59 Å². The summed E-state index contributed by atoms with van der Waals surface area (Å²) in [6.07, 6.45) is 7.36. The van der Waals surface area contributed by atoms with Gasteiger partial charge in [0.25, 0.3) is 5.91 Å². The molecule has 0 radical (unpaired) electrons. The molecule has 4 amide bonds. The molecule has 1 aliphatic carbocycles. The number of nitrogens with one attached hydrogen (secondary N) is 2. The Morgan fingerprint density at radius 1 is 1.11 bits per heavy atom. The quantitative estimate of drug-likeness (QED) is 0.401. The van der Waals surface area contributed by atoms with Crippen LogP contribution in [0.4, 0.5) is 4.79 Å². The molecule has 0 unspecified atom stereocenters. The average molecular weight is 492 g/mol. The lowest BCUT2D eigenvalue weighted by molar-refractivity contribution is -0.139. The Balaban J connectivity index is 1.34. The van der Waals surface area contributed by atoms with Crippen LogP contribution in [0.5, 0.6) is 0 Å². The van der Waals surface area contributed by atoms with Crippen molar-refractivity contribution in [3.63, 3.8) is 0 Å². The molecule has 10 nitrogen and oxygen atoms in total. The molecule has 1 aliphatic heterocycles. The van der Waals surface area contributed by atoms with Gasteiger partial charge in [0.2, 0.25) is 5.91 Å². The number of para-hydroxylation sites is 1. The van der Waals surface area contributed by atoms with Crippen molar-refractivity contribution in [2.45, 2.75) is 49.7 Å². The molecule has 0 atom stereocenters. The largest absolute Gasteiger partial charge is 0.344 e. The van der Waals surface area contributed by atoms with Gasteiger partial charge in [-0.3, -0.25) is 24.6 Å². The van der Waals surface area contributed by atoms with E-state index in [-0.39, 0.29) is 11.7 Å². The molecule has 180 valence electrons. The van der Waals surface area contributed by atoms with Crippen molar-refractivity contribution < 1.29 is 14.4 Å². The standard InChI is InChI=1S/C24H25N7O3S/c1-16-8-3-4-10-18(16)30-20(17-9-7-13-25-14-17)27-28-23(30)35-15-19(32)29-31-21(33)24(26-22(31)34)11-5-2-6-12-24/h3-4,7-10,13-14H,2,5-6,11-12,15H2,1H3,(H,26,34)(H,29,32). The predicted molar refractivity (Wildman–Crippen MR) is 129 cm³/mol. The van der Waals surface area contributed by atoms with E-state index in [0.29, 0.717) is 23.8 Å². The van der Waals surface area contributed by atoms with Crippen molar-refractivity contribution in [1.82, 2.24) is 35.5 Å². The second kappa shape index (κ2) is 9.49. The normalized spacial score (nSPS) is 17.0. The summed E-state index contributed by atoms with van der Waals surface area (Å²) in [6.45, 7) is 1.99. The van der Waals surface area contributed by atoms with Crippen LogP contribution in [0, 0.1) is 6.92 Å². The molecule has 3 heterocycles. The first-order valence-electron chi connectivity index (χ1n) is 11.5. The highest BCUT2D eigenvalue weighted by Crippen LogP contribution is 2.33. The van der Waals surface area contributed by atoms with Gasteiger partial charge >= 0.3 is 6.03 Å². The summed E-state index contributed by atoms with van der Waals surface area (Å²) in [5, 5.41) is 12.8. The van der Waals surface area contributed by atoms with Crippen molar-refractivity contribution >= 4 is 29.6 Å². The van der Waals surface area contributed by atoms with Crippen molar-refractivity contribution in [2.24, 2.45) is 0 Å². The number of thioether (sulfide) groups is 1. The number of aromatic nitrogens is 4. The molecule has 1 aromatic carbocycles. The van der Waals surface area contributed by atoms with Crippen LogP contribution < -0.4 is 10.7 Å². The van der Waals surface area contributed by atoms with Gasteiger partial charge in [-0.25, -0.2) is 4.79 Å². The first-order valence-corrected chi connectivity index (χ1v) is 12.5. The molecule has 2 aromatic heterocycles. The zero-order valence-electron chi connectivity index (χ0n) is 19.2. The van der Waals surface area contributed by atoms with E-state index < -0.39 is 17.5 Å². The SMILES string of the molecule is Cc1ccccc1-n1c(SCC(=O)NN2C(=O)NC3(CCCCC3)C2=O)nnc1-c1cccnc1. The Morgan fingerprint density at radius 2 is 1.91 bits per heavy atom. The number of amides is 4. The number of hydrogen-bond donors (Lipinski definition) is 2. The van der Waals surface area contributed by atoms with Crippen LogP contribution in [-0.4, -0.2) is 53.9 Å². The molecule has 2 N–H and O–H groups in total. The van der Waals surface area contributed by atoms with Gasteiger partial charge in [-0.2, -0.15) is 5.01 Å². The Kier molecular flexibility index (Phi) is 6.25.